The minimum Gasteiger partial charge on any atom is -0.508 e. The van der Waals surface area contributed by atoms with E-state index in [1.807, 2.05) is 0 Å². The number of rotatable bonds is 5. The van der Waals surface area contributed by atoms with Crippen LogP contribution < -0.4 is 16.4 Å². The lowest BCUT2D eigenvalue weighted by Crippen LogP contribution is -2.70. The van der Waals surface area contributed by atoms with E-state index in [9.17, 15) is 44.7 Å². The van der Waals surface area contributed by atoms with Gasteiger partial charge in [0.05, 0.1) is 29.3 Å². The number of phenols is 1. The van der Waals surface area contributed by atoms with E-state index in [4.69, 9.17) is 17.3 Å². The van der Waals surface area contributed by atoms with Crippen molar-refractivity contribution in [1.82, 2.24) is 4.90 Å². The number of alkyl halides is 1. The van der Waals surface area contributed by atoms with Gasteiger partial charge in [-0.2, -0.15) is 0 Å². The van der Waals surface area contributed by atoms with Gasteiger partial charge in [-0.3, -0.25) is 19.3 Å². The highest BCUT2D eigenvalue weighted by molar-refractivity contribution is 6.24. The number of nitrogens with zero attached hydrogens (tertiary/aromatic N) is 1. The van der Waals surface area contributed by atoms with Crippen molar-refractivity contribution in [2.75, 3.05) is 24.7 Å². The van der Waals surface area contributed by atoms with Crippen LogP contribution in [0.15, 0.2) is 53.3 Å². The van der Waals surface area contributed by atoms with Gasteiger partial charge < -0.3 is 41.9 Å². The summed E-state index contributed by atoms with van der Waals surface area (Å²) in [5.41, 5.74) is 1.98. The van der Waals surface area contributed by atoms with E-state index in [0.29, 0.717) is 17.1 Å². The lowest BCUT2D eigenvalue weighted by atomic mass is 9.54. The molecule has 6 atom stereocenters. The number of benzene rings is 2. The second kappa shape index (κ2) is 10.9. The SMILES string of the molecule is C[C@H]1c2ccc(NC(=O)Nc3ccc(CCl)cc3)c(O)c2C(O)=C2C(=O)[C@]3(O)C(O)=C(C(N)=O)C(=O)[C@@H](N(C)C)C3[C@@H](O)C21. The monoisotopic (exact) mass is 626 g/mol. The summed E-state index contributed by atoms with van der Waals surface area (Å²) in [6, 6.07) is 7.40. The fourth-order valence-electron chi connectivity index (χ4n) is 6.68. The molecule has 0 radical (unpaired) electrons. The van der Waals surface area contributed by atoms with Crippen molar-refractivity contribution < 1.29 is 44.7 Å². The van der Waals surface area contributed by atoms with Crippen LogP contribution in [0.25, 0.3) is 5.76 Å². The van der Waals surface area contributed by atoms with Gasteiger partial charge in [0.25, 0.3) is 5.91 Å². The first-order valence-corrected chi connectivity index (χ1v) is 14.1. The standard InChI is InChI=1S/C30H31ClN4O9/c1-11-14-8-9-15(34-29(43)33-13-6-4-12(10-31)5-7-13)22(36)17(14)23(37)18-16(11)24(38)20-21(35(2)3)25(39)19(28(32)42)27(41)30(20,44)26(18)40/h4-9,11,16,20-21,24,36-38,41,44H,10H2,1-3H3,(H2,32,42)(H2,33,34,43)/t11-,16?,20?,21-,24-,30-/m0/s1. The van der Waals surface area contributed by atoms with E-state index in [1.165, 1.54) is 31.1 Å². The summed E-state index contributed by atoms with van der Waals surface area (Å²) in [5.74, 6) is -9.74. The number of amides is 3. The predicted molar refractivity (Wildman–Crippen MR) is 159 cm³/mol. The molecular weight excluding hydrogens is 596 g/mol. The number of nitrogens with one attached hydrogen (secondary N) is 2. The van der Waals surface area contributed by atoms with E-state index in [0.717, 1.165) is 5.56 Å². The van der Waals surface area contributed by atoms with E-state index in [2.05, 4.69) is 10.6 Å². The fraction of sp³-hybridized carbons (Fsp3) is 0.333. The van der Waals surface area contributed by atoms with Crippen LogP contribution >= 0.6 is 11.6 Å². The molecule has 44 heavy (non-hydrogen) atoms. The Morgan fingerprint density at radius 2 is 1.68 bits per heavy atom. The van der Waals surface area contributed by atoms with Crippen LogP contribution in [0.2, 0.25) is 0 Å². The summed E-state index contributed by atoms with van der Waals surface area (Å²) in [6.45, 7) is 1.61. The lowest BCUT2D eigenvalue weighted by molar-refractivity contribution is -0.169. The van der Waals surface area contributed by atoms with E-state index in [-0.39, 0.29) is 11.3 Å². The molecule has 2 aromatic rings. The predicted octanol–water partition coefficient (Wildman–Crippen LogP) is 1.88. The molecular formula is C30H31ClN4O9. The van der Waals surface area contributed by atoms with Crippen molar-refractivity contribution >= 4 is 52.2 Å². The van der Waals surface area contributed by atoms with E-state index >= 15 is 0 Å². The molecule has 13 nitrogen and oxygen atoms in total. The van der Waals surface area contributed by atoms with Gasteiger partial charge in [0, 0.05) is 23.1 Å². The number of urea groups is 1. The van der Waals surface area contributed by atoms with Gasteiger partial charge in [-0.1, -0.05) is 25.1 Å². The Morgan fingerprint density at radius 3 is 2.25 bits per heavy atom. The Hall–Kier alpha value is -4.43. The Morgan fingerprint density at radius 1 is 1.05 bits per heavy atom. The number of likely N-dealkylation sites (N-methyl/N-ethyl adjacent to an activating group) is 1. The number of phenolic OH excluding ortho intramolecular Hbond substituents is 1. The van der Waals surface area contributed by atoms with Gasteiger partial charge in [-0.05, 0) is 49.3 Å². The topological polar surface area (TPSA) is 223 Å². The molecule has 9 N–H and O–H groups in total. The average Bonchev–Trinajstić information content (AvgIpc) is 2.96. The molecule has 232 valence electrons. The Balaban J connectivity index is 1.60. The number of fused-ring (bicyclic) bond motifs is 3. The summed E-state index contributed by atoms with van der Waals surface area (Å²) in [6.07, 6.45) is -1.71. The van der Waals surface area contributed by atoms with Crippen LogP contribution in [0.4, 0.5) is 16.2 Å². The third-order valence-electron chi connectivity index (χ3n) is 8.74. The normalized spacial score (nSPS) is 27.9. The molecule has 0 bridgehead atoms. The van der Waals surface area contributed by atoms with Crippen molar-refractivity contribution in [2.45, 2.75) is 36.5 Å². The fourth-order valence-corrected chi connectivity index (χ4v) is 6.86. The van der Waals surface area contributed by atoms with Crippen LogP contribution in [0, 0.1) is 11.8 Å². The highest BCUT2D eigenvalue weighted by atomic mass is 35.5. The third-order valence-corrected chi connectivity index (χ3v) is 9.05. The van der Waals surface area contributed by atoms with Crippen molar-refractivity contribution in [2.24, 2.45) is 17.6 Å². The number of nitrogens with two attached hydrogens (primary N) is 1. The average molecular weight is 627 g/mol. The van der Waals surface area contributed by atoms with Gasteiger partial charge >= 0.3 is 6.03 Å². The Bertz CT molecular complexity index is 1670. The number of ketones is 2. The van der Waals surface area contributed by atoms with Crippen LogP contribution in [-0.2, 0) is 20.3 Å². The summed E-state index contributed by atoms with van der Waals surface area (Å²) in [5, 5.41) is 62.2. The minimum atomic E-state index is -3.02. The zero-order valence-corrected chi connectivity index (χ0v) is 24.6. The molecule has 3 aliphatic carbocycles. The second-order valence-electron chi connectivity index (χ2n) is 11.4. The van der Waals surface area contributed by atoms with Crippen LogP contribution in [-0.4, -0.2) is 85.8 Å². The van der Waals surface area contributed by atoms with E-state index < -0.39 is 87.4 Å². The van der Waals surface area contributed by atoms with Gasteiger partial charge in [0.2, 0.25) is 5.78 Å². The maximum absolute atomic E-state index is 14.1. The maximum Gasteiger partial charge on any atom is 0.323 e. The second-order valence-corrected chi connectivity index (χ2v) is 11.7. The summed E-state index contributed by atoms with van der Waals surface area (Å²) < 4.78 is 0. The Labute approximate surface area is 256 Å². The summed E-state index contributed by atoms with van der Waals surface area (Å²) in [4.78, 5) is 53.5. The number of aliphatic hydroxyl groups is 4. The van der Waals surface area contributed by atoms with Gasteiger partial charge in [0.15, 0.2) is 11.4 Å². The zero-order valence-electron chi connectivity index (χ0n) is 23.8. The van der Waals surface area contributed by atoms with Crippen LogP contribution in [0.1, 0.15) is 29.5 Å². The number of Topliss-reactive ketones (excluding diaryl/α,β-unsaturated/α-hetero) is 2. The molecule has 5 rings (SSSR count). The number of aromatic hydroxyl groups is 1. The molecule has 1 fully saturated rings. The first-order valence-electron chi connectivity index (χ1n) is 13.6. The van der Waals surface area contributed by atoms with Crippen LogP contribution in [0.3, 0.4) is 0 Å². The summed E-state index contributed by atoms with van der Waals surface area (Å²) in [7, 11) is 2.86. The molecule has 2 unspecified atom stereocenters. The smallest absolute Gasteiger partial charge is 0.323 e. The van der Waals surface area contributed by atoms with Gasteiger partial charge in [-0.15, -0.1) is 11.6 Å². The minimum absolute atomic E-state index is 0.133. The van der Waals surface area contributed by atoms with Crippen LogP contribution in [0.5, 0.6) is 5.75 Å². The number of carbonyl (C=O) groups excluding carboxylic acids is 4. The molecule has 0 heterocycles. The number of hydrogen-bond donors (Lipinski definition) is 8. The summed E-state index contributed by atoms with van der Waals surface area (Å²) >= 11 is 5.79. The highest BCUT2D eigenvalue weighted by Gasteiger charge is 2.68. The molecule has 0 aliphatic heterocycles. The number of halogens is 1. The van der Waals surface area contributed by atoms with Gasteiger partial charge in [0.1, 0.15) is 22.8 Å². The molecule has 0 aromatic heterocycles. The largest absolute Gasteiger partial charge is 0.508 e. The molecule has 14 heteroatoms. The van der Waals surface area contributed by atoms with Crippen molar-refractivity contribution in [3.8, 4) is 5.75 Å². The van der Waals surface area contributed by atoms with Crippen molar-refractivity contribution in [3.05, 3.63) is 70.0 Å². The quantitative estimate of drug-likeness (QED) is 0.137. The molecule has 2 aromatic carbocycles. The first kappa shape index (κ1) is 31.0. The molecule has 1 saturated carbocycles. The molecule has 0 saturated heterocycles. The number of anilines is 2. The molecule has 0 spiro atoms. The van der Waals surface area contributed by atoms with Crippen molar-refractivity contribution in [1.29, 1.82) is 0 Å². The number of primary amides is 1. The highest BCUT2D eigenvalue weighted by Crippen LogP contribution is 2.56. The lowest BCUT2D eigenvalue weighted by Gasteiger charge is -2.53. The van der Waals surface area contributed by atoms with Crippen molar-refractivity contribution in [3.63, 3.8) is 0 Å². The van der Waals surface area contributed by atoms with Gasteiger partial charge in [-0.25, -0.2) is 4.79 Å². The molecule has 3 amide bonds. The zero-order chi connectivity index (χ0) is 32.4. The Kier molecular flexibility index (Phi) is 7.70. The third kappa shape index (κ3) is 4.42. The van der Waals surface area contributed by atoms with E-state index in [1.54, 1.807) is 31.2 Å². The first-order chi connectivity index (χ1) is 20.7. The number of aliphatic hydroxyl groups excluding tert-OH is 3. The maximum atomic E-state index is 14.1. The number of carbonyl (C=O) groups is 4. The number of hydrogen-bond acceptors (Lipinski definition) is 10. The molecule has 3 aliphatic rings.